The highest BCUT2D eigenvalue weighted by Crippen LogP contribution is 2.34. The smallest absolute Gasteiger partial charge is 0.417 e. The van der Waals surface area contributed by atoms with Crippen molar-refractivity contribution in [2.24, 2.45) is 0 Å². The summed E-state index contributed by atoms with van der Waals surface area (Å²) in [7, 11) is -4.37. The molecule has 5 nitrogen and oxygen atoms in total. The molecular weight excluding hydrogens is 395 g/mol. The number of hydrogen-bond acceptors (Lipinski definition) is 3. The minimum atomic E-state index is -4.78. The highest BCUT2D eigenvalue weighted by Gasteiger charge is 2.38. The van der Waals surface area contributed by atoms with E-state index in [1.54, 1.807) is 18.2 Å². The second kappa shape index (κ2) is 7.40. The maximum Gasteiger partial charge on any atom is 0.417 e. The second-order valence-electron chi connectivity index (χ2n) is 6.42. The van der Waals surface area contributed by atoms with E-state index in [-0.39, 0.29) is 0 Å². The molecule has 0 spiro atoms. The van der Waals surface area contributed by atoms with Gasteiger partial charge < -0.3 is 5.11 Å². The normalized spacial score (nSPS) is 17.0. The average molecular weight is 411 g/mol. The van der Waals surface area contributed by atoms with E-state index in [4.69, 9.17) is 5.11 Å². The van der Waals surface area contributed by atoms with Crippen molar-refractivity contribution in [1.82, 2.24) is 4.72 Å². The summed E-state index contributed by atoms with van der Waals surface area (Å²) in [4.78, 5) is 9.80. The fraction of sp³-hybridized carbons (Fsp3) is 0.211. The summed E-state index contributed by atoms with van der Waals surface area (Å²) in [6.07, 6.45) is -1.73. The monoisotopic (exact) mass is 411 g/mol. The SMILES string of the molecule is O=C(O)C=Cc1ccc2c(c1)CC(NS(=O)(=O)c1ccccc1C(F)(F)F)C2. The van der Waals surface area contributed by atoms with Crippen LogP contribution in [-0.4, -0.2) is 25.5 Å². The number of alkyl halides is 3. The standard InChI is InChI=1S/C19H16F3NO4S/c20-19(21,22)16-3-1-2-4-17(16)28(26,27)23-15-10-13-7-5-12(6-8-18(24)25)9-14(13)11-15/h1-9,15,23H,10-11H2,(H,24,25). The van der Waals surface area contributed by atoms with Gasteiger partial charge in [0.1, 0.15) is 0 Å². The summed E-state index contributed by atoms with van der Waals surface area (Å²) in [5.41, 5.74) is 1.12. The minimum absolute atomic E-state index is 0.303. The topological polar surface area (TPSA) is 83.5 Å². The average Bonchev–Trinajstić information content (AvgIpc) is 2.99. The van der Waals surface area contributed by atoms with Crippen LogP contribution in [0.4, 0.5) is 13.2 Å². The number of aliphatic carboxylic acids is 1. The molecule has 2 aromatic carbocycles. The van der Waals surface area contributed by atoms with Crippen molar-refractivity contribution in [3.05, 3.63) is 70.8 Å². The zero-order valence-corrected chi connectivity index (χ0v) is 15.2. The molecule has 2 aromatic rings. The van der Waals surface area contributed by atoms with Gasteiger partial charge in [0.15, 0.2) is 0 Å². The number of carboxylic acid groups (broad SMARTS) is 1. The van der Waals surface area contributed by atoms with Crippen LogP contribution in [0.15, 0.2) is 53.4 Å². The van der Waals surface area contributed by atoms with Crippen molar-refractivity contribution in [1.29, 1.82) is 0 Å². The zero-order valence-electron chi connectivity index (χ0n) is 14.4. The van der Waals surface area contributed by atoms with Crippen LogP contribution in [0.2, 0.25) is 0 Å². The van der Waals surface area contributed by atoms with Gasteiger partial charge in [0.25, 0.3) is 0 Å². The number of benzene rings is 2. The zero-order chi connectivity index (χ0) is 20.5. The molecule has 1 aliphatic rings. The molecule has 0 bridgehead atoms. The van der Waals surface area contributed by atoms with Crippen LogP contribution < -0.4 is 4.72 Å². The van der Waals surface area contributed by atoms with E-state index in [1.807, 2.05) is 0 Å². The van der Waals surface area contributed by atoms with E-state index in [0.29, 0.717) is 18.4 Å². The fourth-order valence-corrected chi connectivity index (χ4v) is 4.67. The van der Waals surface area contributed by atoms with Gasteiger partial charge in [-0.15, -0.1) is 0 Å². The molecule has 9 heteroatoms. The van der Waals surface area contributed by atoms with Gasteiger partial charge in [0, 0.05) is 12.1 Å². The Bertz CT molecular complexity index is 1050. The molecule has 0 saturated heterocycles. The van der Waals surface area contributed by atoms with Crippen LogP contribution in [0, 0.1) is 0 Å². The van der Waals surface area contributed by atoms with Crippen LogP contribution in [0.1, 0.15) is 22.3 Å². The molecule has 0 radical (unpaired) electrons. The summed E-state index contributed by atoms with van der Waals surface area (Å²) in [6.45, 7) is 0. The molecule has 1 aliphatic carbocycles. The molecule has 0 heterocycles. The van der Waals surface area contributed by atoms with Crippen molar-refractivity contribution < 1.29 is 31.5 Å². The lowest BCUT2D eigenvalue weighted by atomic mass is 10.1. The number of sulfonamides is 1. The quantitative estimate of drug-likeness (QED) is 0.740. The van der Waals surface area contributed by atoms with Crippen molar-refractivity contribution >= 4 is 22.1 Å². The number of rotatable bonds is 5. The molecule has 148 valence electrons. The van der Waals surface area contributed by atoms with Crippen LogP contribution in [0.25, 0.3) is 6.08 Å². The van der Waals surface area contributed by atoms with Gasteiger partial charge in [-0.1, -0.05) is 30.3 Å². The van der Waals surface area contributed by atoms with E-state index >= 15 is 0 Å². The Kier molecular flexibility index (Phi) is 5.31. The maximum absolute atomic E-state index is 13.1. The summed E-state index contributed by atoms with van der Waals surface area (Å²) >= 11 is 0. The first-order chi connectivity index (χ1) is 13.1. The molecule has 0 saturated carbocycles. The molecule has 0 amide bonds. The third kappa shape index (κ3) is 4.42. The summed E-state index contributed by atoms with van der Waals surface area (Å²) < 4.78 is 66.9. The Morgan fingerprint density at radius 2 is 1.79 bits per heavy atom. The fourth-order valence-electron chi connectivity index (χ4n) is 3.21. The van der Waals surface area contributed by atoms with Gasteiger partial charge in [0.05, 0.1) is 10.5 Å². The van der Waals surface area contributed by atoms with Gasteiger partial charge >= 0.3 is 12.1 Å². The maximum atomic E-state index is 13.1. The van der Waals surface area contributed by atoms with Gasteiger partial charge in [-0.05, 0) is 47.7 Å². The summed E-state index contributed by atoms with van der Waals surface area (Å²) in [6, 6.07) is 8.67. The number of carboxylic acids is 1. The molecule has 28 heavy (non-hydrogen) atoms. The van der Waals surface area contributed by atoms with Gasteiger partial charge in [-0.25, -0.2) is 17.9 Å². The van der Waals surface area contributed by atoms with Crippen molar-refractivity contribution in [3.8, 4) is 0 Å². The van der Waals surface area contributed by atoms with Crippen molar-refractivity contribution in [2.45, 2.75) is 30.0 Å². The van der Waals surface area contributed by atoms with Crippen molar-refractivity contribution in [3.63, 3.8) is 0 Å². The van der Waals surface area contributed by atoms with Gasteiger partial charge in [0.2, 0.25) is 10.0 Å². The Balaban J connectivity index is 1.81. The number of halogens is 3. The lowest BCUT2D eigenvalue weighted by Crippen LogP contribution is -2.36. The minimum Gasteiger partial charge on any atom is -0.478 e. The molecule has 0 aromatic heterocycles. The molecule has 3 rings (SSSR count). The molecule has 1 unspecified atom stereocenters. The van der Waals surface area contributed by atoms with Crippen LogP contribution in [-0.2, 0) is 33.8 Å². The van der Waals surface area contributed by atoms with Crippen molar-refractivity contribution in [2.75, 3.05) is 0 Å². The van der Waals surface area contributed by atoms with E-state index in [1.165, 1.54) is 12.1 Å². The lowest BCUT2D eigenvalue weighted by molar-refractivity contribution is -0.140. The Hall–Kier alpha value is -2.65. The van der Waals surface area contributed by atoms with Gasteiger partial charge in [-0.3, -0.25) is 0 Å². The number of hydrogen-bond donors (Lipinski definition) is 2. The highest BCUT2D eigenvalue weighted by atomic mass is 32.2. The summed E-state index contributed by atoms with van der Waals surface area (Å²) in [5.74, 6) is -1.09. The van der Waals surface area contributed by atoms with Crippen LogP contribution in [0.3, 0.4) is 0 Å². The van der Waals surface area contributed by atoms with E-state index < -0.39 is 38.7 Å². The molecule has 1 atom stereocenters. The predicted octanol–water partition coefficient (Wildman–Crippen LogP) is 3.25. The largest absolute Gasteiger partial charge is 0.478 e. The lowest BCUT2D eigenvalue weighted by Gasteiger charge is -2.16. The van der Waals surface area contributed by atoms with Crippen LogP contribution in [0.5, 0.6) is 0 Å². The predicted molar refractivity (Wildman–Crippen MR) is 96.1 cm³/mol. The second-order valence-corrected chi connectivity index (χ2v) is 8.10. The first-order valence-electron chi connectivity index (χ1n) is 8.27. The molecule has 2 N–H and O–H groups in total. The van der Waals surface area contributed by atoms with E-state index in [2.05, 4.69) is 4.72 Å². The number of nitrogens with one attached hydrogen (secondary N) is 1. The van der Waals surface area contributed by atoms with Gasteiger partial charge in [-0.2, -0.15) is 13.2 Å². The highest BCUT2D eigenvalue weighted by molar-refractivity contribution is 7.89. The molecule has 0 aliphatic heterocycles. The Labute approximate surface area is 159 Å². The molecular formula is C19H16F3NO4S. The number of carbonyl (C=O) groups is 1. The first kappa shape index (κ1) is 20.1. The molecule has 0 fully saturated rings. The first-order valence-corrected chi connectivity index (χ1v) is 9.76. The Morgan fingerprint density at radius 3 is 2.46 bits per heavy atom. The third-order valence-corrected chi connectivity index (χ3v) is 5.96. The van der Waals surface area contributed by atoms with E-state index in [0.717, 1.165) is 35.4 Å². The van der Waals surface area contributed by atoms with E-state index in [9.17, 15) is 26.4 Å². The Morgan fingerprint density at radius 1 is 1.11 bits per heavy atom. The number of fused-ring (bicyclic) bond motifs is 1. The summed E-state index contributed by atoms with van der Waals surface area (Å²) in [5, 5.41) is 8.68. The van der Waals surface area contributed by atoms with Crippen LogP contribution >= 0.6 is 0 Å². The third-order valence-electron chi connectivity index (χ3n) is 4.39.